The van der Waals surface area contributed by atoms with Crippen molar-refractivity contribution in [2.75, 3.05) is 18.0 Å². The lowest BCUT2D eigenvalue weighted by Gasteiger charge is -2.30. The fourth-order valence-corrected chi connectivity index (χ4v) is 3.64. The number of aromatic nitrogens is 2. The first kappa shape index (κ1) is 24.6. The highest BCUT2D eigenvalue weighted by Gasteiger charge is 2.57. The third-order valence-electron chi connectivity index (χ3n) is 5.43. The van der Waals surface area contributed by atoms with Crippen LogP contribution in [0.1, 0.15) is 24.2 Å². The number of aryl methyl sites for hydroxylation is 1. The summed E-state index contributed by atoms with van der Waals surface area (Å²) < 4.78 is 80.4. The maximum Gasteiger partial charge on any atom is 0.424 e. The summed E-state index contributed by atoms with van der Waals surface area (Å²) in [7, 11) is 1.28. The van der Waals surface area contributed by atoms with Gasteiger partial charge in [0.15, 0.2) is 0 Å². The van der Waals surface area contributed by atoms with Crippen molar-refractivity contribution in [2.24, 2.45) is 13.0 Å². The standard InChI is InChI=1S/C20H20F6N4O3/c1-29-8-7-28-17(29)18(33,20(24,25)26)5-6-27-16(32)12-9-15(31)30(11-12)14-4-2-3-13(10-14)19(21,22)23/h2-4,7-8,10,12,33H,5-6,9,11H2,1H3,(H,27,32). The summed E-state index contributed by atoms with van der Waals surface area (Å²) in [4.78, 5) is 29.3. The first-order valence-corrected chi connectivity index (χ1v) is 9.76. The fourth-order valence-electron chi connectivity index (χ4n) is 3.64. The van der Waals surface area contributed by atoms with Crippen LogP contribution < -0.4 is 10.2 Å². The summed E-state index contributed by atoms with van der Waals surface area (Å²) in [6.07, 6.45) is -8.59. The van der Waals surface area contributed by atoms with E-state index in [1.54, 1.807) is 0 Å². The van der Waals surface area contributed by atoms with E-state index in [1.165, 1.54) is 19.3 Å². The Morgan fingerprint density at radius 1 is 1.24 bits per heavy atom. The Bertz CT molecular complexity index is 1040. The Morgan fingerprint density at radius 2 is 1.94 bits per heavy atom. The van der Waals surface area contributed by atoms with Gasteiger partial charge in [-0.05, 0) is 18.2 Å². The number of hydrogen-bond donors (Lipinski definition) is 2. The molecule has 180 valence electrons. The smallest absolute Gasteiger partial charge is 0.374 e. The molecule has 2 atom stereocenters. The average molecular weight is 478 g/mol. The van der Waals surface area contributed by atoms with Crippen molar-refractivity contribution in [3.05, 3.63) is 48.0 Å². The zero-order valence-electron chi connectivity index (χ0n) is 17.2. The van der Waals surface area contributed by atoms with Crippen molar-refractivity contribution in [1.82, 2.24) is 14.9 Å². The molecule has 0 bridgehead atoms. The molecule has 1 fully saturated rings. The van der Waals surface area contributed by atoms with Gasteiger partial charge in [-0.2, -0.15) is 26.3 Å². The number of anilines is 1. The van der Waals surface area contributed by atoms with Crippen molar-refractivity contribution in [3.63, 3.8) is 0 Å². The number of amides is 2. The van der Waals surface area contributed by atoms with Crippen molar-refractivity contribution in [2.45, 2.75) is 30.8 Å². The molecule has 1 aliphatic heterocycles. The number of nitrogens with one attached hydrogen (secondary N) is 1. The summed E-state index contributed by atoms with van der Waals surface area (Å²) in [5.74, 6) is -2.95. The Morgan fingerprint density at radius 3 is 2.52 bits per heavy atom. The van der Waals surface area contributed by atoms with Gasteiger partial charge in [-0.15, -0.1) is 0 Å². The number of benzene rings is 1. The van der Waals surface area contributed by atoms with Crippen molar-refractivity contribution in [1.29, 1.82) is 0 Å². The highest BCUT2D eigenvalue weighted by Crippen LogP contribution is 2.40. The number of nitrogens with zero attached hydrogens (tertiary/aromatic N) is 3. The number of hydrogen-bond acceptors (Lipinski definition) is 4. The van der Waals surface area contributed by atoms with Gasteiger partial charge in [0, 0.05) is 51.1 Å². The molecule has 0 radical (unpaired) electrons. The van der Waals surface area contributed by atoms with Gasteiger partial charge in [0.25, 0.3) is 0 Å². The molecule has 0 saturated carbocycles. The van der Waals surface area contributed by atoms with E-state index in [4.69, 9.17) is 0 Å². The van der Waals surface area contributed by atoms with Gasteiger partial charge in [0.1, 0.15) is 5.82 Å². The van der Waals surface area contributed by atoms with E-state index >= 15 is 0 Å². The molecule has 2 unspecified atom stereocenters. The van der Waals surface area contributed by atoms with Gasteiger partial charge in [0.2, 0.25) is 17.4 Å². The van der Waals surface area contributed by atoms with Crippen LogP contribution in [0.5, 0.6) is 0 Å². The molecule has 0 spiro atoms. The molecule has 2 amide bonds. The number of aliphatic hydroxyl groups is 1. The van der Waals surface area contributed by atoms with Gasteiger partial charge in [0.05, 0.1) is 11.5 Å². The summed E-state index contributed by atoms with van der Waals surface area (Å²) >= 11 is 0. The molecule has 13 heteroatoms. The quantitative estimate of drug-likeness (QED) is 0.626. The second kappa shape index (κ2) is 8.69. The third-order valence-corrected chi connectivity index (χ3v) is 5.43. The summed E-state index contributed by atoms with van der Waals surface area (Å²) in [5, 5.41) is 12.5. The van der Waals surface area contributed by atoms with Crippen LogP contribution >= 0.6 is 0 Å². The van der Waals surface area contributed by atoms with Crippen LogP contribution in [0.2, 0.25) is 0 Å². The minimum atomic E-state index is -5.07. The molecular formula is C20H20F6N4O3. The van der Waals surface area contributed by atoms with E-state index in [0.717, 1.165) is 33.9 Å². The third kappa shape index (κ3) is 4.97. The molecule has 0 aliphatic carbocycles. The lowest BCUT2D eigenvalue weighted by Crippen LogP contribution is -2.47. The monoisotopic (exact) mass is 478 g/mol. The molecule has 2 N–H and O–H groups in total. The number of imidazole rings is 1. The van der Waals surface area contributed by atoms with Gasteiger partial charge in [-0.1, -0.05) is 6.07 Å². The second-order valence-corrected chi connectivity index (χ2v) is 7.71. The summed E-state index contributed by atoms with van der Waals surface area (Å²) in [6, 6.07) is 4.06. The highest BCUT2D eigenvalue weighted by atomic mass is 19.4. The molecule has 33 heavy (non-hydrogen) atoms. The van der Waals surface area contributed by atoms with Gasteiger partial charge in [-0.25, -0.2) is 4.98 Å². The highest BCUT2D eigenvalue weighted by molar-refractivity contribution is 6.00. The number of rotatable bonds is 6. The van der Waals surface area contributed by atoms with Crippen LogP contribution in [0.25, 0.3) is 0 Å². The summed E-state index contributed by atoms with van der Waals surface area (Å²) in [5.41, 5.74) is -4.30. The van der Waals surface area contributed by atoms with Crippen LogP contribution in [0, 0.1) is 5.92 Å². The maximum atomic E-state index is 13.5. The lowest BCUT2D eigenvalue weighted by molar-refractivity contribution is -0.272. The largest absolute Gasteiger partial charge is 0.424 e. The Kier molecular flexibility index (Phi) is 6.46. The normalized spacial score (nSPS) is 19.0. The lowest BCUT2D eigenvalue weighted by atomic mass is 9.97. The molecule has 1 aliphatic rings. The van der Waals surface area contributed by atoms with Crippen molar-refractivity contribution in [3.8, 4) is 0 Å². The molecule has 2 aromatic rings. The topological polar surface area (TPSA) is 87.5 Å². The number of carbonyl (C=O) groups excluding carboxylic acids is 2. The predicted molar refractivity (Wildman–Crippen MR) is 103 cm³/mol. The van der Waals surface area contributed by atoms with E-state index in [0.29, 0.717) is 0 Å². The average Bonchev–Trinajstić information content (AvgIpc) is 3.32. The minimum Gasteiger partial charge on any atom is -0.374 e. The van der Waals surface area contributed by atoms with Gasteiger partial charge in [-0.3, -0.25) is 9.59 Å². The van der Waals surface area contributed by atoms with Crippen molar-refractivity contribution >= 4 is 17.5 Å². The molecule has 1 aromatic heterocycles. The van der Waals surface area contributed by atoms with Crippen LogP contribution in [-0.2, 0) is 28.4 Å². The summed E-state index contributed by atoms with van der Waals surface area (Å²) in [6.45, 7) is -0.801. The Balaban J connectivity index is 1.65. The first-order valence-electron chi connectivity index (χ1n) is 9.76. The fraction of sp³-hybridized carbons (Fsp3) is 0.450. The molecule has 1 saturated heterocycles. The number of carbonyl (C=O) groups is 2. The Hall–Kier alpha value is -3.09. The number of alkyl halides is 6. The SMILES string of the molecule is Cn1ccnc1C(O)(CCNC(=O)C1CC(=O)N(c2cccc(C(F)(F)F)c2)C1)C(F)(F)F. The molecule has 7 nitrogen and oxygen atoms in total. The van der Waals surface area contributed by atoms with Crippen LogP contribution in [0.4, 0.5) is 32.0 Å². The van der Waals surface area contributed by atoms with Crippen LogP contribution in [0.15, 0.2) is 36.7 Å². The molecule has 3 rings (SSSR count). The number of halogens is 6. The first-order chi connectivity index (χ1) is 15.2. The second-order valence-electron chi connectivity index (χ2n) is 7.71. The zero-order chi connectivity index (χ0) is 24.6. The molecular weight excluding hydrogens is 458 g/mol. The maximum absolute atomic E-state index is 13.5. The van der Waals surface area contributed by atoms with Crippen LogP contribution in [0.3, 0.4) is 0 Å². The van der Waals surface area contributed by atoms with E-state index in [1.807, 2.05) is 0 Å². The zero-order valence-corrected chi connectivity index (χ0v) is 17.2. The van der Waals surface area contributed by atoms with E-state index in [9.17, 15) is 41.0 Å². The van der Waals surface area contributed by atoms with Crippen molar-refractivity contribution < 1.29 is 41.0 Å². The van der Waals surface area contributed by atoms with E-state index in [-0.39, 0.29) is 18.7 Å². The predicted octanol–water partition coefficient (Wildman–Crippen LogP) is 2.75. The van der Waals surface area contributed by atoms with Crippen LogP contribution in [-0.4, -0.2) is 45.7 Å². The molecule has 1 aromatic carbocycles. The van der Waals surface area contributed by atoms with Gasteiger partial charge < -0.3 is 19.9 Å². The molecule has 2 heterocycles. The van der Waals surface area contributed by atoms with E-state index < -0.39 is 60.0 Å². The Labute approximate surface area is 184 Å². The van der Waals surface area contributed by atoms with E-state index in [2.05, 4.69) is 10.3 Å². The van der Waals surface area contributed by atoms with Gasteiger partial charge >= 0.3 is 12.4 Å². The minimum absolute atomic E-state index is 0.0358.